The van der Waals surface area contributed by atoms with Crippen LogP contribution in [-0.4, -0.2) is 23.2 Å². The van der Waals surface area contributed by atoms with Crippen LogP contribution in [0, 0.1) is 0 Å². The molecule has 0 bridgehead atoms. The number of aliphatic hydroxyl groups excluding tert-OH is 1. The molecule has 5 heteroatoms. The van der Waals surface area contributed by atoms with Gasteiger partial charge in [-0.25, -0.2) is 4.98 Å². The SMILES string of the molecule is CC(NCCOc1ncccc1Cl)c1cccc(CO)c1. The van der Waals surface area contributed by atoms with Gasteiger partial charge in [-0.05, 0) is 30.2 Å². The Bertz CT molecular complexity index is 578. The number of aliphatic hydroxyl groups is 1. The van der Waals surface area contributed by atoms with Gasteiger partial charge in [-0.15, -0.1) is 0 Å². The summed E-state index contributed by atoms with van der Waals surface area (Å²) in [6.45, 7) is 3.30. The van der Waals surface area contributed by atoms with Gasteiger partial charge in [0.2, 0.25) is 5.88 Å². The predicted octanol–water partition coefficient (Wildman–Crippen LogP) is 2.96. The predicted molar refractivity (Wildman–Crippen MR) is 83.5 cm³/mol. The zero-order valence-corrected chi connectivity index (χ0v) is 12.7. The fourth-order valence-electron chi connectivity index (χ4n) is 1.98. The fourth-order valence-corrected chi connectivity index (χ4v) is 2.16. The van der Waals surface area contributed by atoms with Gasteiger partial charge in [0.05, 0.1) is 6.61 Å². The van der Waals surface area contributed by atoms with Gasteiger partial charge in [0, 0.05) is 18.8 Å². The highest BCUT2D eigenvalue weighted by atomic mass is 35.5. The summed E-state index contributed by atoms with van der Waals surface area (Å²) < 4.78 is 5.52. The van der Waals surface area contributed by atoms with Crippen LogP contribution in [0.4, 0.5) is 0 Å². The van der Waals surface area contributed by atoms with Gasteiger partial charge < -0.3 is 15.2 Å². The number of hydrogen-bond donors (Lipinski definition) is 2. The molecular weight excluding hydrogens is 288 g/mol. The first-order valence-corrected chi connectivity index (χ1v) is 7.25. The normalized spacial score (nSPS) is 12.1. The van der Waals surface area contributed by atoms with Gasteiger partial charge in [-0.3, -0.25) is 0 Å². The number of aromatic nitrogens is 1. The largest absolute Gasteiger partial charge is 0.475 e. The maximum absolute atomic E-state index is 9.15. The van der Waals surface area contributed by atoms with Gasteiger partial charge in [0.1, 0.15) is 11.6 Å². The van der Waals surface area contributed by atoms with Crippen LogP contribution in [0.3, 0.4) is 0 Å². The first-order chi connectivity index (χ1) is 10.2. The molecule has 112 valence electrons. The summed E-state index contributed by atoms with van der Waals surface area (Å²) in [7, 11) is 0. The summed E-state index contributed by atoms with van der Waals surface area (Å²) in [6, 6.07) is 11.6. The molecule has 2 rings (SSSR count). The van der Waals surface area contributed by atoms with Crippen molar-refractivity contribution in [2.45, 2.75) is 19.6 Å². The summed E-state index contributed by atoms with van der Waals surface area (Å²) >= 11 is 5.96. The van der Waals surface area contributed by atoms with Crippen molar-refractivity contribution in [1.29, 1.82) is 0 Å². The molecule has 0 aliphatic carbocycles. The van der Waals surface area contributed by atoms with Crippen LogP contribution >= 0.6 is 11.6 Å². The molecule has 4 nitrogen and oxygen atoms in total. The number of halogens is 1. The molecule has 0 saturated carbocycles. The van der Waals surface area contributed by atoms with E-state index in [4.69, 9.17) is 21.4 Å². The monoisotopic (exact) mass is 306 g/mol. The number of benzene rings is 1. The van der Waals surface area contributed by atoms with E-state index in [1.165, 1.54) is 0 Å². The number of rotatable bonds is 7. The minimum Gasteiger partial charge on any atom is -0.475 e. The van der Waals surface area contributed by atoms with Gasteiger partial charge in [0.25, 0.3) is 0 Å². The Balaban J connectivity index is 1.79. The fraction of sp³-hybridized carbons (Fsp3) is 0.312. The Labute approximate surface area is 129 Å². The molecule has 0 amide bonds. The van der Waals surface area contributed by atoms with E-state index < -0.39 is 0 Å². The Kier molecular flexibility index (Phi) is 5.99. The lowest BCUT2D eigenvalue weighted by Gasteiger charge is -2.15. The van der Waals surface area contributed by atoms with Gasteiger partial charge >= 0.3 is 0 Å². The molecule has 1 aromatic heterocycles. The van der Waals surface area contributed by atoms with Crippen LogP contribution in [-0.2, 0) is 6.61 Å². The minimum atomic E-state index is 0.0574. The number of nitrogens with zero attached hydrogens (tertiary/aromatic N) is 1. The van der Waals surface area contributed by atoms with Crippen molar-refractivity contribution in [2.24, 2.45) is 0 Å². The highest BCUT2D eigenvalue weighted by molar-refractivity contribution is 6.31. The molecule has 21 heavy (non-hydrogen) atoms. The molecule has 1 unspecified atom stereocenters. The highest BCUT2D eigenvalue weighted by Gasteiger charge is 2.06. The van der Waals surface area contributed by atoms with Crippen LogP contribution < -0.4 is 10.1 Å². The van der Waals surface area contributed by atoms with Crippen molar-refractivity contribution in [3.8, 4) is 5.88 Å². The highest BCUT2D eigenvalue weighted by Crippen LogP contribution is 2.19. The van der Waals surface area contributed by atoms with E-state index in [-0.39, 0.29) is 12.6 Å². The first kappa shape index (κ1) is 15.8. The van der Waals surface area contributed by atoms with Gasteiger partial charge in [-0.1, -0.05) is 35.9 Å². The summed E-state index contributed by atoms with van der Waals surface area (Å²) in [6.07, 6.45) is 1.65. The van der Waals surface area contributed by atoms with E-state index in [0.29, 0.717) is 24.1 Å². The van der Waals surface area contributed by atoms with E-state index in [2.05, 4.69) is 17.2 Å². The molecule has 1 atom stereocenters. The van der Waals surface area contributed by atoms with E-state index in [9.17, 15) is 0 Å². The summed E-state index contributed by atoms with van der Waals surface area (Å²) in [5, 5.41) is 13.0. The zero-order chi connectivity index (χ0) is 15.1. The van der Waals surface area contributed by atoms with Crippen LogP contribution in [0.25, 0.3) is 0 Å². The van der Waals surface area contributed by atoms with E-state index in [0.717, 1.165) is 11.1 Å². The second-order valence-corrected chi connectivity index (χ2v) is 5.13. The van der Waals surface area contributed by atoms with E-state index >= 15 is 0 Å². The third-order valence-electron chi connectivity index (χ3n) is 3.15. The molecular formula is C16H19ClN2O2. The molecule has 0 radical (unpaired) electrons. The third-order valence-corrected chi connectivity index (χ3v) is 3.44. The molecule has 2 N–H and O–H groups in total. The van der Waals surface area contributed by atoms with E-state index in [1.54, 1.807) is 18.3 Å². The van der Waals surface area contributed by atoms with Crippen LogP contribution in [0.1, 0.15) is 24.1 Å². The van der Waals surface area contributed by atoms with Gasteiger partial charge in [-0.2, -0.15) is 0 Å². The average Bonchev–Trinajstić information content (AvgIpc) is 2.53. The second-order valence-electron chi connectivity index (χ2n) is 4.72. The molecule has 0 aliphatic heterocycles. The Hall–Kier alpha value is -1.62. The summed E-state index contributed by atoms with van der Waals surface area (Å²) in [5.41, 5.74) is 2.05. The van der Waals surface area contributed by atoms with Crippen LogP contribution in [0.5, 0.6) is 5.88 Å². The number of hydrogen-bond acceptors (Lipinski definition) is 4. The maximum Gasteiger partial charge on any atom is 0.232 e. The van der Waals surface area contributed by atoms with Crippen molar-refractivity contribution in [3.63, 3.8) is 0 Å². The summed E-state index contributed by atoms with van der Waals surface area (Å²) in [4.78, 5) is 4.07. The Morgan fingerprint density at radius 3 is 2.95 bits per heavy atom. The van der Waals surface area contributed by atoms with Crippen molar-refractivity contribution in [3.05, 3.63) is 58.7 Å². The standard InChI is InChI=1S/C16H19ClN2O2/c1-12(14-5-2-4-13(10-14)11-20)18-8-9-21-16-15(17)6-3-7-19-16/h2-7,10,12,18,20H,8-9,11H2,1H3. The molecule has 1 aromatic carbocycles. The third kappa shape index (κ3) is 4.70. The molecule has 0 aliphatic rings. The molecule has 0 saturated heterocycles. The quantitative estimate of drug-likeness (QED) is 0.772. The van der Waals surface area contributed by atoms with Crippen molar-refractivity contribution in [1.82, 2.24) is 10.3 Å². The minimum absolute atomic E-state index is 0.0574. The number of nitrogens with one attached hydrogen (secondary N) is 1. The molecule has 0 spiro atoms. The second kappa shape index (κ2) is 7.98. The first-order valence-electron chi connectivity index (χ1n) is 6.87. The summed E-state index contributed by atoms with van der Waals surface area (Å²) in [5.74, 6) is 0.455. The molecule has 1 heterocycles. The van der Waals surface area contributed by atoms with E-state index in [1.807, 2.05) is 24.3 Å². The topological polar surface area (TPSA) is 54.4 Å². The Morgan fingerprint density at radius 1 is 1.33 bits per heavy atom. The van der Waals surface area contributed by atoms with Gasteiger partial charge in [0.15, 0.2) is 0 Å². The van der Waals surface area contributed by atoms with Crippen LogP contribution in [0.2, 0.25) is 5.02 Å². The Morgan fingerprint density at radius 2 is 2.19 bits per heavy atom. The lowest BCUT2D eigenvalue weighted by atomic mass is 10.1. The lowest BCUT2D eigenvalue weighted by Crippen LogP contribution is -2.24. The van der Waals surface area contributed by atoms with Crippen molar-refractivity contribution in [2.75, 3.05) is 13.2 Å². The van der Waals surface area contributed by atoms with Crippen molar-refractivity contribution >= 4 is 11.6 Å². The zero-order valence-electron chi connectivity index (χ0n) is 11.9. The number of pyridine rings is 1. The number of ether oxygens (including phenoxy) is 1. The maximum atomic E-state index is 9.15. The smallest absolute Gasteiger partial charge is 0.232 e. The van der Waals surface area contributed by atoms with Crippen molar-refractivity contribution < 1.29 is 9.84 Å². The average molecular weight is 307 g/mol. The lowest BCUT2D eigenvalue weighted by molar-refractivity contribution is 0.281. The van der Waals surface area contributed by atoms with Crippen LogP contribution in [0.15, 0.2) is 42.6 Å². The molecule has 2 aromatic rings. The molecule has 0 fully saturated rings.